The van der Waals surface area contributed by atoms with E-state index in [4.69, 9.17) is 9.84 Å². The topological polar surface area (TPSA) is 75.6 Å². The Labute approximate surface area is 117 Å². The quantitative estimate of drug-likeness (QED) is 0.807. The van der Waals surface area contributed by atoms with E-state index in [-0.39, 0.29) is 11.9 Å². The Morgan fingerprint density at radius 3 is 2.70 bits per heavy atom. The van der Waals surface area contributed by atoms with Crippen molar-refractivity contribution in [2.24, 2.45) is 0 Å². The van der Waals surface area contributed by atoms with Gasteiger partial charge in [0.25, 0.3) is 5.91 Å². The van der Waals surface area contributed by atoms with Crippen LogP contribution in [-0.4, -0.2) is 30.1 Å². The van der Waals surface area contributed by atoms with E-state index in [9.17, 15) is 9.59 Å². The highest BCUT2D eigenvalue weighted by atomic mass is 16.5. The first-order chi connectivity index (χ1) is 9.60. The number of rotatable bonds is 5. The van der Waals surface area contributed by atoms with Gasteiger partial charge < -0.3 is 15.2 Å². The van der Waals surface area contributed by atoms with Crippen molar-refractivity contribution >= 4 is 18.0 Å². The molecule has 5 nitrogen and oxygen atoms in total. The Kier molecular flexibility index (Phi) is 4.40. The molecule has 2 N–H and O–H groups in total. The van der Waals surface area contributed by atoms with Crippen LogP contribution in [0.15, 0.2) is 24.3 Å². The third-order valence-corrected chi connectivity index (χ3v) is 3.34. The van der Waals surface area contributed by atoms with Crippen molar-refractivity contribution in [3.8, 4) is 5.75 Å². The van der Waals surface area contributed by atoms with E-state index in [1.807, 2.05) is 0 Å². The Hall–Kier alpha value is -2.30. The first-order valence-corrected chi connectivity index (χ1v) is 6.50. The lowest BCUT2D eigenvalue weighted by molar-refractivity contribution is -0.131. The fraction of sp³-hybridized carbons (Fsp3) is 0.333. The van der Waals surface area contributed by atoms with E-state index >= 15 is 0 Å². The molecule has 0 radical (unpaired) electrons. The predicted molar refractivity (Wildman–Crippen MR) is 74.8 cm³/mol. The number of aliphatic carboxylic acids is 1. The summed E-state index contributed by atoms with van der Waals surface area (Å²) in [5.74, 6) is -0.651. The normalized spacial score (nSPS) is 14.8. The van der Waals surface area contributed by atoms with Crippen molar-refractivity contribution in [2.45, 2.75) is 25.3 Å². The molecule has 0 aromatic heterocycles. The van der Waals surface area contributed by atoms with Crippen LogP contribution < -0.4 is 10.1 Å². The highest BCUT2D eigenvalue weighted by Crippen LogP contribution is 2.23. The number of benzene rings is 1. The van der Waals surface area contributed by atoms with Gasteiger partial charge in [0.15, 0.2) is 0 Å². The molecule has 0 aliphatic heterocycles. The molecule has 0 spiro atoms. The van der Waals surface area contributed by atoms with E-state index in [1.54, 1.807) is 18.2 Å². The number of carbonyl (C=O) groups excluding carboxylic acids is 1. The van der Waals surface area contributed by atoms with Crippen molar-refractivity contribution in [1.29, 1.82) is 0 Å². The van der Waals surface area contributed by atoms with Crippen LogP contribution in [0.2, 0.25) is 0 Å². The third kappa shape index (κ3) is 3.38. The van der Waals surface area contributed by atoms with Crippen LogP contribution in [0, 0.1) is 0 Å². The lowest BCUT2D eigenvalue weighted by atomic mass is 9.93. The molecule has 1 aromatic carbocycles. The second kappa shape index (κ2) is 6.23. The van der Waals surface area contributed by atoms with Crippen molar-refractivity contribution < 1.29 is 19.4 Å². The van der Waals surface area contributed by atoms with Crippen molar-refractivity contribution in [1.82, 2.24) is 5.32 Å². The van der Waals surface area contributed by atoms with Gasteiger partial charge in [0.1, 0.15) is 5.75 Å². The zero-order valence-electron chi connectivity index (χ0n) is 11.3. The minimum atomic E-state index is -1.05. The van der Waals surface area contributed by atoms with Crippen molar-refractivity contribution in [2.75, 3.05) is 7.11 Å². The Morgan fingerprint density at radius 1 is 1.40 bits per heavy atom. The molecule has 5 heteroatoms. The molecule has 1 saturated carbocycles. The number of methoxy groups -OCH3 is 1. The number of amides is 1. The summed E-state index contributed by atoms with van der Waals surface area (Å²) >= 11 is 0. The number of ether oxygens (including phenoxy) is 1. The average Bonchev–Trinajstić information content (AvgIpc) is 2.39. The monoisotopic (exact) mass is 275 g/mol. The Balaban J connectivity index is 2.19. The highest BCUT2D eigenvalue weighted by Gasteiger charge is 2.20. The fourth-order valence-corrected chi connectivity index (χ4v) is 1.99. The summed E-state index contributed by atoms with van der Waals surface area (Å²) in [4.78, 5) is 22.6. The molecular weight excluding hydrogens is 258 g/mol. The number of carbonyl (C=O) groups is 2. The largest absolute Gasteiger partial charge is 0.496 e. The molecule has 1 fully saturated rings. The van der Waals surface area contributed by atoms with Gasteiger partial charge in [-0.15, -0.1) is 0 Å². The van der Waals surface area contributed by atoms with Gasteiger partial charge in [-0.1, -0.05) is 0 Å². The minimum Gasteiger partial charge on any atom is -0.496 e. The molecule has 20 heavy (non-hydrogen) atoms. The van der Waals surface area contributed by atoms with Gasteiger partial charge in [-0.25, -0.2) is 4.79 Å². The molecule has 0 atom stereocenters. The first-order valence-electron chi connectivity index (χ1n) is 6.50. The van der Waals surface area contributed by atoms with Gasteiger partial charge in [0.05, 0.1) is 7.11 Å². The third-order valence-electron chi connectivity index (χ3n) is 3.34. The molecular formula is C15H17NO4. The molecule has 0 unspecified atom stereocenters. The van der Waals surface area contributed by atoms with Gasteiger partial charge in [0.2, 0.25) is 0 Å². The van der Waals surface area contributed by atoms with Crippen LogP contribution in [0.3, 0.4) is 0 Å². The molecule has 1 amide bonds. The summed E-state index contributed by atoms with van der Waals surface area (Å²) < 4.78 is 5.15. The average molecular weight is 275 g/mol. The minimum absolute atomic E-state index is 0.137. The molecule has 0 heterocycles. The number of carboxylic acids is 1. The zero-order chi connectivity index (χ0) is 14.5. The molecule has 106 valence electrons. The van der Waals surface area contributed by atoms with Crippen LogP contribution in [0.5, 0.6) is 5.75 Å². The first kappa shape index (κ1) is 14.1. The summed E-state index contributed by atoms with van der Waals surface area (Å²) in [6, 6.07) is 5.23. The molecule has 0 saturated heterocycles. The number of nitrogens with one attached hydrogen (secondary N) is 1. The molecule has 1 aromatic rings. The lowest BCUT2D eigenvalue weighted by Gasteiger charge is -2.26. The van der Waals surface area contributed by atoms with Crippen LogP contribution >= 0.6 is 0 Å². The number of hydrogen-bond donors (Lipinski definition) is 2. The maximum absolute atomic E-state index is 12.0. The molecule has 1 aliphatic rings. The van der Waals surface area contributed by atoms with E-state index in [0.717, 1.165) is 25.3 Å². The second-order valence-corrected chi connectivity index (χ2v) is 4.73. The van der Waals surface area contributed by atoms with E-state index in [2.05, 4.69) is 5.32 Å². The van der Waals surface area contributed by atoms with Gasteiger partial charge in [-0.3, -0.25) is 4.79 Å². The molecule has 0 bridgehead atoms. The zero-order valence-corrected chi connectivity index (χ0v) is 11.3. The number of carboxylic acid groups (broad SMARTS) is 1. The van der Waals surface area contributed by atoms with Crippen LogP contribution in [0.1, 0.15) is 35.2 Å². The second-order valence-electron chi connectivity index (χ2n) is 4.73. The van der Waals surface area contributed by atoms with E-state index in [1.165, 1.54) is 13.2 Å². The van der Waals surface area contributed by atoms with E-state index in [0.29, 0.717) is 16.9 Å². The van der Waals surface area contributed by atoms with Gasteiger partial charge in [-0.05, 0) is 43.5 Å². The van der Waals surface area contributed by atoms with Crippen LogP contribution in [-0.2, 0) is 4.79 Å². The smallest absolute Gasteiger partial charge is 0.328 e. The highest BCUT2D eigenvalue weighted by molar-refractivity contribution is 5.95. The SMILES string of the molecule is COc1ccc(C(=O)NC2CCC2)cc1C=CC(=O)O. The standard InChI is InChI=1S/C15H17NO4/c1-20-13-7-5-11(9-10(13)6-8-14(17)18)15(19)16-12-3-2-4-12/h5-9,12H,2-4H2,1H3,(H,16,19)(H,17,18). The van der Waals surface area contributed by atoms with Crippen LogP contribution in [0.4, 0.5) is 0 Å². The molecule has 2 rings (SSSR count). The van der Waals surface area contributed by atoms with Gasteiger partial charge in [-0.2, -0.15) is 0 Å². The molecule has 1 aliphatic carbocycles. The summed E-state index contributed by atoms with van der Waals surface area (Å²) in [6.45, 7) is 0. The van der Waals surface area contributed by atoms with E-state index < -0.39 is 5.97 Å². The van der Waals surface area contributed by atoms with Crippen molar-refractivity contribution in [3.05, 3.63) is 35.4 Å². The summed E-state index contributed by atoms with van der Waals surface area (Å²) in [6.07, 6.45) is 5.63. The van der Waals surface area contributed by atoms with Gasteiger partial charge >= 0.3 is 5.97 Å². The predicted octanol–water partition coefficient (Wildman–Crippen LogP) is 2.08. The summed E-state index contributed by atoms with van der Waals surface area (Å²) in [5, 5.41) is 11.6. The Bertz CT molecular complexity index is 547. The van der Waals surface area contributed by atoms with Crippen LogP contribution in [0.25, 0.3) is 6.08 Å². The number of hydrogen-bond acceptors (Lipinski definition) is 3. The lowest BCUT2D eigenvalue weighted by Crippen LogP contribution is -2.39. The maximum Gasteiger partial charge on any atom is 0.328 e. The van der Waals surface area contributed by atoms with Crippen molar-refractivity contribution in [3.63, 3.8) is 0 Å². The summed E-state index contributed by atoms with van der Waals surface area (Å²) in [5.41, 5.74) is 1.07. The maximum atomic E-state index is 12.0. The Morgan fingerprint density at radius 2 is 2.15 bits per heavy atom. The fourth-order valence-electron chi connectivity index (χ4n) is 1.99. The summed E-state index contributed by atoms with van der Waals surface area (Å²) in [7, 11) is 1.50. The van der Waals surface area contributed by atoms with Gasteiger partial charge in [0, 0.05) is 23.2 Å².